The lowest BCUT2D eigenvalue weighted by Crippen LogP contribution is -2.13. The maximum absolute atomic E-state index is 3.24. The summed E-state index contributed by atoms with van der Waals surface area (Å²) in [6.07, 6.45) is 3.47. The minimum atomic E-state index is 0.591. The second-order valence-electron chi connectivity index (χ2n) is 5.74. The first-order valence-corrected chi connectivity index (χ1v) is 6.97. The highest BCUT2D eigenvalue weighted by molar-refractivity contribution is 5.54. The fraction of sp³-hybridized carbons (Fsp3) is 0.529. The van der Waals surface area contributed by atoms with Crippen molar-refractivity contribution in [3.63, 3.8) is 0 Å². The summed E-state index contributed by atoms with van der Waals surface area (Å²) in [6, 6.07) is 8.97. The summed E-state index contributed by atoms with van der Waals surface area (Å²) < 4.78 is 0. The molecule has 1 aromatic carbocycles. The Morgan fingerprint density at radius 2 is 1.72 bits per heavy atom. The number of rotatable bonds is 6. The molecule has 0 bridgehead atoms. The fourth-order valence-corrected chi connectivity index (χ4v) is 2.06. The molecular weight excluding hydrogens is 218 g/mol. The van der Waals surface area contributed by atoms with Gasteiger partial charge in [-0.05, 0) is 36.4 Å². The van der Waals surface area contributed by atoms with Crippen LogP contribution in [0.2, 0.25) is 0 Å². The van der Waals surface area contributed by atoms with Crippen LogP contribution >= 0.6 is 0 Å². The third-order valence-electron chi connectivity index (χ3n) is 3.10. The Labute approximate surface area is 112 Å². The molecule has 0 aliphatic heterocycles. The molecule has 0 aliphatic carbocycles. The van der Waals surface area contributed by atoms with Crippen LogP contribution in [-0.4, -0.2) is 13.6 Å². The standard InChI is InChI=1S/C17H27N/c1-13(2)10-15-6-8-16(9-7-15)11-17(12-18-5)14(3)4/h6-9,11,13-14,18H,10,12H2,1-5H3. The molecule has 1 N–H and O–H groups in total. The average molecular weight is 245 g/mol. The SMILES string of the molecule is CNCC(=Cc1ccc(CC(C)C)cc1)C(C)C. The average Bonchev–Trinajstić information content (AvgIpc) is 2.30. The smallest absolute Gasteiger partial charge is 0.0167 e. The molecule has 0 radical (unpaired) electrons. The maximum Gasteiger partial charge on any atom is 0.0167 e. The summed E-state index contributed by atoms with van der Waals surface area (Å²) in [4.78, 5) is 0. The van der Waals surface area contributed by atoms with E-state index < -0.39 is 0 Å². The van der Waals surface area contributed by atoms with E-state index in [2.05, 4.69) is 63.4 Å². The molecule has 0 fully saturated rings. The van der Waals surface area contributed by atoms with Gasteiger partial charge in [0.2, 0.25) is 0 Å². The maximum atomic E-state index is 3.24. The minimum absolute atomic E-state index is 0.591. The number of hydrogen-bond donors (Lipinski definition) is 1. The lowest BCUT2D eigenvalue weighted by Gasteiger charge is -2.11. The van der Waals surface area contributed by atoms with E-state index in [0.29, 0.717) is 5.92 Å². The Morgan fingerprint density at radius 1 is 1.11 bits per heavy atom. The Kier molecular flexibility index (Phi) is 6.14. The summed E-state index contributed by atoms with van der Waals surface area (Å²) in [5, 5.41) is 3.24. The third kappa shape index (κ3) is 5.05. The molecule has 0 unspecified atom stereocenters. The van der Waals surface area contributed by atoms with Crippen molar-refractivity contribution in [1.29, 1.82) is 0 Å². The fourth-order valence-electron chi connectivity index (χ4n) is 2.06. The van der Waals surface area contributed by atoms with Crippen LogP contribution in [-0.2, 0) is 6.42 Å². The van der Waals surface area contributed by atoms with Crippen molar-refractivity contribution in [2.45, 2.75) is 34.1 Å². The summed E-state index contributed by atoms with van der Waals surface area (Å²) in [5.41, 5.74) is 4.19. The molecule has 0 saturated heterocycles. The predicted molar refractivity (Wildman–Crippen MR) is 81.7 cm³/mol. The van der Waals surface area contributed by atoms with Crippen molar-refractivity contribution in [2.24, 2.45) is 11.8 Å². The van der Waals surface area contributed by atoms with Gasteiger partial charge in [0.05, 0.1) is 0 Å². The molecule has 100 valence electrons. The van der Waals surface area contributed by atoms with Crippen LogP contribution in [0.1, 0.15) is 38.8 Å². The molecule has 0 amide bonds. The zero-order valence-electron chi connectivity index (χ0n) is 12.5. The topological polar surface area (TPSA) is 12.0 Å². The Hall–Kier alpha value is -1.08. The van der Waals surface area contributed by atoms with E-state index in [1.807, 2.05) is 7.05 Å². The summed E-state index contributed by atoms with van der Waals surface area (Å²) >= 11 is 0. The molecule has 0 spiro atoms. The van der Waals surface area contributed by atoms with E-state index in [1.54, 1.807) is 0 Å². The number of hydrogen-bond acceptors (Lipinski definition) is 1. The second kappa shape index (κ2) is 7.38. The van der Waals surface area contributed by atoms with Crippen molar-refractivity contribution in [3.05, 3.63) is 41.0 Å². The molecule has 0 saturated carbocycles. The van der Waals surface area contributed by atoms with Gasteiger partial charge in [-0.2, -0.15) is 0 Å². The molecule has 0 aromatic heterocycles. The number of nitrogens with one attached hydrogen (secondary N) is 1. The zero-order chi connectivity index (χ0) is 13.5. The van der Waals surface area contributed by atoms with Gasteiger partial charge in [-0.15, -0.1) is 0 Å². The molecule has 18 heavy (non-hydrogen) atoms. The largest absolute Gasteiger partial charge is 0.316 e. The first-order valence-electron chi connectivity index (χ1n) is 6.97. The van der Waals surface area contributed by atoms with Crippen LogP contribution in [0.4, 0.5) is 0 Å². The molecule has 1 heteroatoms. The first-order chi connectivity index (χ1) is 8.52. The van der Waals surface area contributed by atoms with Crippen molar-refractivity contribution in [2.75, 3.05) is 13.6 Å². The molecule has 1 rings (SSSR count). The van der Waals surface area contributed by atoms with E-state index in [0.717, 1.165) is 18.9 Å². The van der Waals surface area contributed by atoms with Crippen molar-refractivity contribution in [1.82, 2.24) is 5.32 Å². The highest BCUT2D eigenvalue weighted by atomic mass is 14.8. The lowest BCUT2D eigenvalue weighted by molar-refractivity contribution is 0.647. The van der Waals surface area contributed by atoms with Gasteiger partial charge in [-0.3, -0.25) is 0 Å². The predicted octanol–water partition coefficient (Wildman–Crippen LogP) is 4.14. The van der Waals surface area contributed by atoms with Crippen LogP contribution in [0.5, 0.6) is 0 Å². The highest BCUT2D eigenvalue weighted by Crippen LogP contribution is 2.16. The lowest BCUT2D eigenvalue weighted by atomic mass is 9.98. The molecule has 0 atom stereocenters. The second-order valence-corrected chi connectivity index (χ2v) is 5.74. The van der Waals surface area contributed by atoms with Gasteiger partial charge in [0.25, 0.3) is 0 Å². The van der Waals surface area contributed by atoms with Crippen LogP contribution in [0.25, 0.3) is 6.08 Å². The Morgan fingerprint density at radius 3 is 2.17 bits per heavy atom. The van der Waals surface area contributed by atoms with Gasteiger partial charge in [-0.1, -0.05) is 63.6 Å². The van der Waals surface area contributed by atoms with E-state index >= 15 is 0 Å². The van der Waals surface area contributed by atoms with Gasteiger partial charge < -0.3 is 5.32 Å². The van der Waals surface area contributed by atoms with Gasteiger partial charge in [-0.25, -0.2) is 0 Å². The minimum Gasteiger partial charge on any atom is -0.316 e. The molecule has 1 nitrogen and oxygen atoms in total. The van der Waals surface area contributed by atoms with Gasteiger partial charge in [0.15, 0.2) is 0 Å². The molecule has 0 heterocycles. The van der Waals surface area contributed by atoms with Crippen molar-refractivity contribution >= 4 is 6.08 Å². The summed E-state index contributed by atoms with van der Waals surface area (Å²) in [6.45, 7) is 9.98. The zero-order valence-corrected chi connectivity index (χ0v) is 12.5. The van der Waals surface area contributed by atoms with Crippen LogP contribution in [0.3, 0.4) is 0 Å². The van der Waals surface area contributed by atoms with Crippen LogP contribution in [0.15, 0.2) is 29.8 Å². The number of likely N-dealkylation sites (N-methyl/N-ethyl adjacent to an activating group) is 1. The van der Waals surface area contributed by atoms with Gasteiger partial charge >= 0.3 is 0 Å². The van der Waals surface area contributed by atoms with E-state index in [9.17, 15) is 0 Å². The van der Waals surface area contributed by atoms with Gasteiger partial charge in [0.1, 0.15) is 0 Å². The van der Waals surface area contributed by atoms with Crippen molar-refractivity contribution < 1.29 is 0 Å². The van der Waals surface area contributed by atoms with E-state index in [4.69, 9.17) is 0 Å². The first kappa shape index (κ1) is 15.0. The third-order valence-corrected chi connectivity index (χ3v) is 3.10. The Bertz CT molecular complexity index is 371. The van der Waals surface area contributed by atoms with Crippen LogP contribution < -0.4 is 5.32 Å². The highest BCUT2D eigenvalue weighted by Gasteiger charge is 2.02. The summed E-state index contributed by atoms with van der Waals surface area (Å²) in [7, 11) is 2.00. The van der Waals surface area contributed by atoms with Crippen LogP contribution in [0, 0.1) is 11.8 Å². The normalized spacial score (nSPS) is 12.5. The van der Waals surface area contributed by atoms with Crippen molar-refractivity contribution in [3.8, 4) is 0 Å². The summed E-state index contributed by atoms with van der Waals surface area (Å²) in [5.74, 6) is 1.31. The van der Waals surface area contributed by atoms with Gasteiger partial charge in [0, 0.05) is 6.54 Å². The number of benzene rings is 1. The quantitative estimate of drug-likeness (QED) is 0.794. The van der Waals surface area contributed by atoms with E-state index in [-0.39, 0.29) is 0 Å². The monoisotopic (exact) mass is 245 g/mol. The molecule has 0 aliphatic rings. The molecule has 1 aromatic rings. The Balaban J connectivity index is 2.80. The van der Waals surface area contributed by atoms with E-state index in [1.165, 1.54) is 16.7 Å². The molecular formula is C17H27N.